The molecule has 1 aliphatic rings. The van der Waals surface area contributed by atoms with Gasteiger partial charge in [0.25, 0.3) is 0 Å². The van der Waals surface area contributed by atoms with Crippen LogP contribution in [0, 0.1) is 13.8 Å². The lowest BCUT2D eigenvalue weighted by Gasteiger charge is -2.42. The van der Waals surface area contributed by atoms with Gasteiger partial charge in [0.05, 0.1) is 30.1 Å². The zero-order chi connectivity index (χ0) is 21.1. The Morgan fingerprint density at radius 2 is 1.57 bits per heavy atom. The molecule has 0 radical (unpaired) electrons. The molecule has 30 heavy (non-hydrogen) atoms. The van der Waals surface area contributed by atoms with Gasteiger partial charge >= 0.3 is 0 Å². The van der Waals surface area contributed by atoms with Crippen LogP contribution in [-0.4, -0.2) is 20.0 Å². The van der Waals surface area contributed by atoms with Crippen LogP contribution in [0.5, 0.6) is 0 Å². The molecule has 2 atom stereocenters. The average Bonchev–Trinajstić information content (AvgIpc) is 2.76. The second kappa shape index (κ2) is 8.94. The summed E-state index contributed by atoms with van der Waals surface area (Å²) in [5.41, 5.74) is 13.7. The Hall–Kier alpha value is -2.76. The summed E-state index contributed by atoms with van der Waals surface area (Å²) in [6.07, 6.45) is 7.04. The number of nitrogens with two attached hydrogens (primary N) is 1. The highest BCUT2D eigenvalue weighted by Gasteiger charge is 2.35. The largest absolute Gasteiger partial charge is 0.398 e. The van der Waals surface area contributed by atoms with Gasteiger partial charge in [-0.05, 0) is 73.6 Å². The van der Waals surface area contributed by atoms with Crippen molar-refractivity contribution in [3.63, 3.8) is 0 Å². The normalized spacial score (nSPS) is 19.7. The number of rotatable bonds is 5. The first-order chi connectivity index (χ1) is 14.6. The van der Waals surface area contributed by atoms with E-state index in [9.17, 15) is 5.11 Å². The Morgan fingerprint density at radius 1 is 0.967 bits per heavy atom. The van der Waals surface area contributed by atoms with Crippen LogP contribution in [0.2, 0.25) is 0 Å². The molecular formula is C25H30N4O. The van der Waals surface area contributed by atoms with E-state index in [0.717, 1.165) is 54.0 Å². The number of aliphatic hydroxyl groups is 1. The van der Waals surface area contributed by atoms with E-state index in [4.69, 9.17) is 15.7 Å². The molecule has 3 aromatic rings. The minimum atomic E-state index is -0.000293. The standard InChI is InChI=1S/C25H30N4O/c1-17-6-4-12-27-24(17)22-8-3-9-23(25-18(2)7-5-13-28-25)29(22)15-20-11-10-19(16-30)14-21(20)26/h4-7,10-14,22-23,30H,3,8-9,15-16,26H2,1-2H3. The number of aromatic nitrogens is 2. The fraction of sp³-hybridized carbons (Fsp3) is 0.360. The summed E-state index contributed by atoms with van der Waals surface area (Å²) < 4.78 is 0. The highest BCUT2D eigenvalue weighted by molar-refractivity contribution is 5.49. The Bertz CT molecular complexity index is 966. The number of aryl methyl sites for hydroxylation is 2. The summed E-state index contributed by atoms with van der Waals surface area (Å²) >= 11 is 0. The van der Waals surface area contributed by atoms with Crippen molar-refractivity contribution in [1.82, 2.24) is 14.9 Å². The number of likely N-dealkylation sites (tertiary alicyclic amines) is 1. The number of nitrogen functional groups attached to an aromatic ring is 1. The van der Waals surface area contributed by atoms with E-state index >= 15 is 0 Å². The van der Waals surface area contributed by atoms with Crippen LogP contribution in [0.25, 0.3) is 0 Å². The molecule has 0 aliphatic carbocycles. The van der Waals surface area contributed by atoms with Crippen molar-refractivity contribution >= 4 is 5.69 Å². The molecule has 5 heteroatoms. The van der Waals surface area contributed by atoms with Crippen molar-refractivity contribution in [1.29, 1.82) is 0 Å². The van der Waals surface area contributed by atoms with E-state index in [2.05, 4.69) is 30.9 Å². The minimum Gasteiger partial charge on any atom is -0.398 e. The average molecular weight is 403 g/mol. The number of anilines is 1. The third kappa shape index (κ3) is 4.09. The molecule has 2 aromatic heterocycles. The predicted molar refractivity (Wildman–Crippen MR) is 120 cm³/mol. The summed E-state index contributed by atoms with van der Waals surface area (Å²) in [7, 11) is 0. The van der Waals surface area contributed by atoms with E-state index in [1.165, 1.54) is 11.1 Å². The van der Waals surface area contributed by atoms with Crippen LogP contribution in [0.15, 0.2) is 54.9 Å². The highest BCUT2D eigenvalue weighted by atomic mass is 16.3. The van der Waals surface area contributed by atoms with Crippen LogP contribution in [0.4, 0.5) is 5.69 Å². The maximum atomic E-state index is 9.43. The summed E-state index contributed by atoms with van der Waals surface area (Å²) in [6, 6.07) is 14.6. The number of hydrogen-bond donors (Lipinski definition) is 2. The first-order valence-corrected chi connectivity index (χ1v) is 10.7. The quantitative estimate of drug-likeness (QED) is 0.608. The molecule has 156 valence electrons. The molecule has 0 amide bonds. The van der Waals surface area contributed by atoms with Crippen molar-refractivity contribution in [2.75, 3.05) is 5.73 Å². The van der Waals surface area contributed by atoms with Gasteiger partial charge in [0, 0.05) is 24.6 Å². The lowest BCUT2D eigenvalue weighted by atomic mass is 9.88. The minimum absolute atomic E-state index is 0.000293. The van der Waals surface area contributed by atoms with Crippen molar-refractivity contribution in [2.24, 2.45) is 0 Å². The topological polar surface area (TPSA) is 75.3 Å². The molecule has 1 fully saturated rings. The maximum Gasteiger partial charge on any atom is 0.0682 e. The molecule has 1 saturated heterocycles. The SMILES string of the molecule is Cc1cccnc1C1CCCC(c2ncccc2C)N1Cc1ccc(CO)cc1N. The summed E-state index contributed by atoms with van der Waals surface area (Å²) in [5.74, 6) is 0. The first-order valence-electron chi connectivity index (χ1n) is 10.7. The molecule has 0 bridgehead atoms. The Balaban J connectivity index is 1.76. The molecule has 3 N–H and O–H groups in total. The van der Waals surface area contributed by atoms with Gasteiger partial charge in [0.2, 0.25) is 0 Å². The summed E-state index contributed by atoms with van der Waals surface area (Å²) in [4.78, 5) is 12.1. The molecule has 5 nitrogen and oxygen atoms in total. The van der Waals surface area contributed by atoms with E-state index in [1.807, 2.05) is 42.7 Å². The van der Waals surface area contributed by atoms with Gasteiger partial charge in [0.15, 0.2) is 0 Å². The molecular weight excluding hydrogens is 372 g/mol. The Morgan fingerprint density at radius 3 is 2.07 bits per heavy atom. The number of pyridine rings is 2. The molecule has 2 unspecified atom stereocenters. The van der Waals surface area contributed by atoms with Crippen LogP contribution < -0.4 is 5.73 Å². The van der Waals surface area contributed by atoms with Crippen molar-refractivity contribution in [3.05, 3.63) is 88.5 Å². The van der Waals surface area contributed by atoms with Crippen molar-refractivity contribution in [2.45, 2.75) is 58.3 Å². The maximum absolute atomic E-state index is 9.43. The number of hydrogen-bond acceptors (Lipinski definition) is 5. The summed E-state index contributed by atoms with van der Waals surface area (Å²) in [6.45, 7) is 5.00. The van der Waals surface area contributed by atoms with Crippen LogP contribution in [0.1, 0.15) is 65.0 Å². The molecule has 1 aliphatic heterocycles. The second-order valence-electron chi connectivity index (χ2n) is 8.24. The Kier molecular flexibility index (Phi) is 6.11. The van der Waals surface area contributed by atoms with Gasteiger partial charge in [-0.1, -0.05) is 24.3 Å². The lowest BCUT2D eigenvalue weighted by Crippen LogP contribution is -2.37. The van der Waals surface area contributed by atoms with Gasteiger partial charge in [-0.3, -0.25) is 14.9 Å². The predicted octanol–water partition coefficient (Wildman–Crippen LogP) is 4.64. The van der Waals surface area contributed by atoms with E-state index in [0.29, 0.717) is 0 Å². The van der Waals surface area contributed by atoms with Gasteiger partial charge < -0.3 is 10.8 Å². The van der Waals surface area contributed by atoms with Gasteiger partial charge in [-0.2, -0.15) is 0 Å². The number of nitrogens with zero attached hydrogens (tertiary/aromatic N) is 3. The second-order valence-corrected chi connectivity index (χ2v) is 8.24. The molecule has 3 heterocycles. The van der Waals surface area contributed by atoms with Crippen molar-refractivity contribution in [3.8, 4) is 0 Å². The fourth-order valence-electron chi connectivity index (χ4n) is 4.64. The van der Waals surface area contributed by atoms with Crippen LogP contribution in [-0.2, 0) is 13.2 Å². The van der Waals surface area contributed by atoms with E-state index in [-0.39, 0.29) is 18.7 Å². The zero-order valence-corrected chi connectivity index (χ0v) is 17.8. The number of benzene rings is 1. The van der Waals surface area contributed by atoms with Crippen molar-refractivity contribution < 1.29 is 5.11 Å². The molecule has 1 aromatic carbocycles. The lowest BCUT2D eigenvalue weighted by molar-refractivity contribution is 0.0681. The van der Waals surface area contributed by atoms with Crippen LogP contribution in [0.3, 0.4) is 0 Å². The van der Waals surface area contributed by atoms with Gasteiger partial charge in [-0.25, -0.2) is 0 Å². The summed E-state index contributed by atoms with van der Waals surface area (Å²) in [5, 5.41) is 9.43. The monoisotopic (exact) mass is 402 g/mol. The smallest absolute Gasteiger partial charge is 0.0682 e. The zero-order valence-electron chi connectivity index (χ0n) is 17.8. The van der Waals surface area contributed by atoms with Crippen LogP contribution >= 0.6 is 0 Å². The molecule has 4 rings (SSSR count). The third-order valence-electron chi connectivity index (χ3n) is 6.23. The molecule has 0 spiro atoms. The fourth-order valence-corrected chi connectivity index (χ4v) is 4.64. The van der Waals surface area contributed by atoms with Gasteiger partial charge in [-0.15, -0.1) is 0 Å². The molecule has 0 saturated carbocycles. The third-order valence-corrected chi connectivity index (χ3v) is 6.23. The first kappa shape index (κ1) is 20.5. The highest BCUT2D eigenvalue weighted by Crippen LogP contribution is 2.43. The van der Waals surface area contributed by atoms with E-state index < -0.39 is 0 Å². The number of aliphatic hydroxyl groups excluding tert-OH is 1. The van der Waals surface area contributed by atoms with E-state index in [1.54, 1.807) is 0 Å². The van der Waals surface area contributed by atoms with Gasteiger partial charge in [0.1, 0.15) is 0 Å². The Labute approximate surface area is 178 Å². The number of piperidine rings is 1.